The third kappa shape index (κ3) is 6.54. The Hall–Kier alpha value is -0.400. The molecule has 0 spiro atoms. The first-order chi connectivity index (χ1) is 9.29. The standard InChI is InChI=1S/C16H24Cl2O/c1-2-3-4-5-6-7-8-12-19-16-11-9-10-15(18)14(16)13-17/h9-11H,2-8,12-13H2,1H3. The quantitative estimate of drug-likeness (QED) is 0.369. The van der Waals surface area contributed by atoms with Gasteiger partial charge in [-0.3, -0.25) is 0 Å². The molecule has 0 saturated carbocycles. The molecular weight excluding hydrogens is 279 g/mol. The Morgan fingerprint density at radius 1 is 1.00 bits per heavy atom. The summed E-state index contributed by atoms with van der Waals surface area (Å²) in [5, 5.41) is 0.687. The van der Waals surface area contributed by atoms with Crippen LogP contribution in [0.4, 0.5) is 0 Å². The number of ether oxygens (including phenoxy) is 1. The molecule has 0 aromatic heterocycles. The zero-order valence-corrected chi connectivity index (χ0v) is 13.3. The van der Waals surface area contributed by atoms with E-state index in [2.05, 4.69) is 6.92 Å². The van der Waals surface area contributed by atoms with E-state index in [-0.39, 0.29) is 0 Å². The second-order valence-corrected chi connectivity index (χ2v) is 5.49. The molecule has 0 heterocycles. The second kappa shape index (κ2) is 10.4. The van der Waals surface area contributed by atoms with Crippen LogP contribution in [0.2, 0.25) is 5.02 Å². The van der Waals surface area contributed by atoms with Crippen molar-refractivity contribution in [2.45, 2.75) is 57.7 Å². The van der Waals surface area contributed by atoms with Gasteiger partial charge in [0.15, 0.2) is 0 Å². The summed E-state index contributed by atoms with van der Waals surface area (Å²) in [6.07, 6.45) is 9.01. The SMILES string of the molecule is CCCCCCCCCOc1cccc(Cl)c1CCl. The molecule has 1 aromatic carbocycles. The Morgan fingerprint density at radius 3 is 2.37 bits per heavy atom. The Balaban J connectivity index is 2.17. The van der Waals surface area contributed by atoms with Crippen LogP contribution in [0, 0.1) is 0 Å². The average Bonchev–Trinajstić information content (AvgIpc) is 2.42. The van der Waals surface area contributed by atoms with Crippen molar-refractivity contribution in [3.05, 3.63) is 28.8 Å². The summed E-state index contributed by atoms with van der Waals surface area (Å²) < 4.78 is 5.77. The number of halogens is 2. The van der Waals surface area contributed by atoms with E-state index in [9.17, 15) is 0 Å². The van der Waals surface area contributed by atoms with E-state index >= 15 is 0 Å². The zero-order chi connectivity index (χ0) is 13.9. The van der Waals surface area contributed by atoms with Crippen LogP contribution >= 0.6 is 23.2 Å². The number of rotatable bonds is 10. The lowest BCUT2D eigenvalue weighted by atomic mass is 10.1. The molecule has 0 fully saturated rings. The smallest absolute Gasteiger partial charge is 0.125 e. The van der Waals surface area contributed by atoms with Gasteiger partial charge in [-0.25, -0.2) is 0 Å². The number of benzene rings is 1. The van der Waals surface area contributed by atoms with Crippen LogP contribution in [-0.4, -0.2) is 6.61 Å². The number of hydrogen-bond acceptors (Lipinski definition) is 1. The van der Waals surface area contributed by atoms with E-state index in [4.69, 9.17) is 27.9 Å². The molecule has 3 heteroatoms. The van der Waals surface area contributed by atoms with Crippen molar-refractivity contribution in [1.29, 1.82) is 0 Å². The van der Waals surface area contributed by atoms with Crippen molar-refractivity contribution < 1.29 is 4.74 Å². The van der Waals surface area contributed by atoms with Crippen molar-refractivity contribution in [2.75, 3.05) is 6.61 Å². The lowest BCUT2D eigenvalue weighted by molar-refractivity contribution is 0.302. The lowest BCUT2D eigenvalue weighted by Gasteiger charge is -2.11. The molecule has 1 rings (SSSR count). The van der Waals surface area contributed by atoms with Gasteiger partial charge in [0.2, 0.25) is 0 Å². The van der Waals surface area contributed by atoms with E-state index < -0.39 is 0 Å². The van der Waals surface area contributed by atoms with Gasteiger partial charge in [-0.2, -0.15) is 0 Å². The van der Waals surface area contributed by atoms with Crippen molar-refractivity contribution in [2.24, 2.45) is 0 Å². The van der Waals surface area contributed by atoms with E-state index in [0.29, 0.717) is 10.9 Å². The Bertz CT molecular complexity index is 353. The monoisotopic (exact) mass is 302 g/mol. The first-order valence-electron chi connectivity index (χ1n) is 7.25. The van der Waals surface area contributed by atoms with Crippen molar-refractivity contribution in [1.82, 2.24) is 0 Å². The van der Waals surface area contributed by atoms with Gasteiger partial charge in [0, 0.05) is 10.6 Å². The predicted octanol–water partition coefficient (Wildman–Crippen LogP) is 6.21. The van der Waals surface area contributed by atoms with Gasteiger partial charge in [-0.15, -0.1) is 11.6 Å². The molecule has 1 aromatic rings. The Labute approximate surface area is 127 Å². The minimum Gasteiger partial charge on any atom is -0.493 e. The maximum Gasteiger partial charge on any atom is 0.125 e. The molecule has 0 bridgehead atoms. The van der Waals surface area contributed by atoms with Crippen molar-refractivity contribution >= 4 is 23.2 Å². The Kier molecular flexibility index (Phi) is 9.11. The summed E-state index contributed by atoms with van der Waals surface area (Å²) in [5.74, 6) is 1.22. The minimum atomic E-state index is 0.395. The third-order valence-corrected chi connectivity index (χ3v) is 3.84. The van der Waals surface area contributed by atoms with Gasteiger partial charge in [0.25, 0.3) is 0 Å². The number of hydrogen-bond donors (Lipinski definition) is 0. The van der Waals surface area contributed by atoms with Gasteiger partial charge in [0.05, 0.1) is 12.5 Å². The highest BCUT2D eigenvalue weighted by Crippen LogP contribution is 2.28. The molecule has 19 heavy (non-hydrogen) atoms. The molecule has 0 amide bonds. The van der Waals surface area contributed by atoms with E-state index in [1.54, 1.807) is 0 Å². The molecule has 1 nitrogen and oxygen atoms in total. The molecule has 0 aliphatic carbocycles. The highest BCUT2D eigenvalue weighted by molar-refractivity contribution is 6.32. The third-order valence-electron chi connectivity index (χ3n) is 3.21. The first kappa shape index (κ1) is 16.7. The molecule has 108 valence electrons. The number of alkyl halides is 1. The van der Waals surface area contributed by atoms with E-state index in [1.165, 1.54) is 38.5 Å². The molecule has 0 atom stereocenters. The highest BCUT2D eigenvalue weighted by atomic mass is 35.5. The molecular formula is C16H24Cl2O. The van der Waals surface area contributed by atoms with Crippen molar-refractivity contribution in [3.8, 4) is 5.75 Å². The fourth-order valence-electron chi connectivity index (χ4n) is 2.05. The van der Waals surface area contributed by atoms with Gasteiger partial charge < -0.3 is 4.74 Å². The van der Waals surface area contributed by atoms with Gasteiger partial charge in [-0.05, 0) is 18.6 Å². The Morgan fingerprint density at radius 2 is 1.68 bits per heavy atom. The largest absolute Gasteiger partial charge is 0.493 e. The zero-order valence-electron chi connectivity index (χ0n) is 11.8. The van der Waals surface area contributed by atoms with Crippen LogP contribution in [0.15, 0.2) is 18.2 Å². The van der Waals surface area contributed by atoms with Crippen LogP contribution in [0.5, 0.6) is 5.75 Å². The van der Waals surface area contributed by atoms with E-state index in [1.807, 2.05) is 18.2 Å². The topological polar surface area (TPSA) is 9.23 Å². The number of unbranched alkanes of at least 4 members (excludes halogenated alkanes) is 6. The fourth-order valence-corrected chi connectivity index (χ4v) is 2.62. The van der Waals surface area contributed by atoms with Crippen LogP contribution in [-0.2, 0) is 5.88 Å². The van der Waals surface area contributed by atoms with Crippen molar-refractivity contribution in [3.63, 3.8) is 0 Å². The highest BCUT2D eigenvalue weighted by Gasteiger charge is 2.06. The summed E-state index contributed by atoms with van der Waals surface area (Å²) in [6, 6.07) is 5.68. The molecule has 0 saturated heterocycles. The van der Waals surface area contributed by atoms with Crippen LogP contribution < -0.4 is 4.74 Å². The maximum absolute atomic E-state index is 6.08. The van der Waals surface area contributed by atoms with Crippen LogP contribution in [0.25, 0.3) is 0 Å². The predicted molar refractivity (Wildman–Crippen MR) is 84.5 cm³/mol. The van der Waals surface area contributed by atoms with Crippen LogP contribution in [0.3, 0.4) is 0 Å². The minimum absolute atomic E-state index is 0.395. The molecule has 0 aliphatic rings. The summed E-state index contributed by atoms with van der Waals surface area (Å²) in [4.78, 5) is 0. The average molecular weight is 303 g/mol. The summed E-state index contributed by atoms with van der Waals surface area (Å²) in [5.41, 5.74) is 0.897. The summed E-state index contributed by atoms with van der Waals surface area (Å²) in [7, 11) is 0. The molecule has 0 radical (unpaired) electrons. The maximum atomic E-state index is 6.08. The van der Waals surface area contributed by atoms with Gasteiger partial charge in [0.1, 0.15) is 5.75 Å². The second-order valence-electron chi connectivity index (χ2n) is 4.82. The molecule has 0 N–H and O–H groups in total. The first-order valence-corrected chi connectivity index (χ1v) is 8.17. The molecule has 0 unspecified atom stereocenters. The van der Waals surface area contributed by atoms with Crippen LogP contribution in [0.1, 0.15) is 57.4 Å². The van der Waals surface area contributed by atoms with Gasteiger partial charge in [-0.1, -0.05) is 63.1 Å². The molecule has 0 aliphatic heterocycles. The fraction of sp³-hybridized carbons (Fsp3) is 0.625. The lowest BCUT2D eigenvalue weighted by Crippen LogP contribution is -2.00. The summed E-state index contributed by atoms with van der Waals surface area (Å²) in [6.45, 7) is 2.99. The van der Waals surface area contributed by atoms with E-state index in [0.717, 1.165) is 24.3 Å². The normalized spacial score (nSPS) is 10.7. The van der Waals surface area contributed by atoms with Gasteiger partial charge >= 0.3 is 0 Å². The summed E-state index contributed by atoms with van der Waals surface area (Å²) >= 11 is 12.0.